The number of halogens is 1. The first-order valence-electron chi connectivity index (χ1n) is 7.37. The zero-order chi connectivity index (χ0) is 15.0. The summed E-state index contributed by atoms with van der Waals surface area (Å²) in [5, 5.41) is 1.54. The molecule has 1 saturated heterocycles. The Kier molecular flexibility index (Phi) is 4.09. The van der Waals surface area contributed by atoms with Crippen molar-refractivity contribution in [3.63, 3.8) is 0 Å². The van der Waals surface area contributed by atoms with Crippen LogP contribution in [0, 0.1) is 5.92 Å². The molecular formula is C16H19ClN2OS. The molecule has 1 fully saturated rings. The van der Waals surface area contributed by atoms with Crippen molar-refractivity contribution in [3.8, 4) is 0 Å². The topological polar surface area (TPSA) is 46.3 Å². The lowest BCUT2D eigenvalue weighted by Crippen LogP contribution is -2.38. The maximum absolute atomic E-state index is 12.7. The van der Waals surface area contributed by atoms with Crippen LogP contribution in [0.4, 0.5) is 5.69 Å². The second kappa shape index (κ2) is 5.85. The molecule has 0 spiro atoms. The Balaban J connectivity index is 1.87. The summed E-state index contributed by atoms with van der Waals surface area (Å²) in [4.78, 5) is 15.3. The summed E-state index contributed by atoms with van der Waals surface area (Å²) in [6.45, 7) is 3.90. The van der Waals surface area contributed by atoms with Gasteiger partial charge in [0.1, 0.15) is 4.88 Å². The molecule has 2 aromatic rings. The van der Waals surface area contributed by atoms with Crippen LogP contribution in [0.3, 0.4) is 0 Å². The van der Waals surface area contributed by atoms with Gasteiger partial charge in [0, 0.05) is 28.2 Å². The highest BCUT2D eigenvalue weighted by Gasteiger charge is 2.26. The van der Waals surface area contributed by atoms with Crippen molar-refractivity contribution < 1.29 is 4.79 Å². The number of anilines is 1. The molecule has 0 bridgehead atoms. The molecule has 112 valence electrons. The quantitative estimate of drug-likeness (QED) is 0.890. The Bertz CT molecular complexity index is 674. The minimum absolute atomic E-state index is 0.0689. The second-order valence-corrected chi connectivity index (χ2v) is 7.12. The lowest BCUT2D eigenvalue weighted by atomic mass is 9.94. The monoisotopic (exact) mass is 322 g/mol. The second-order valence-electron chi connectivity index (χ2n) is 5.63. The number of piperidine rings is 1. The van der Waals surface area contributed by atoms with Crippen molar-refractivity contribution in [1.82, 2.24) is 4.90 Å². The normalized spacial score (nSPS) is 16.6. The van der Waals surface area contributed by atoms with Crippen molar-refractivity contribution >= 4 is 44.6 Å². The minimum Gasteiger partial charge on any atom is -0.397 e. The number of fused-ring (bicyclic) bond motifs is 1. The summed E-state index contributed by atoms with van der Waals surface area (Å²) >= 11 is 7.48. The zero-order valence-corrected chi connectivity index (χ0v) is 13.6. The predicted octanol–water partition coefficient (Wildman–Crippen LogP) is 4.40. The molecule has 0 radical (unpaired) electrons. The van der Waals surface area contributed by atoms with E-state index < -0.39 is 0 Å². The average Bonchev–Trinajstić information content (AvgIpc) is 2.83. The third-order valence-corrected chi connectivity index (χ3v) is 5.77. The number of carbonyl (C=O) groups is 1. The maximum Gasteiger partial charge on any atom is 0.266 e. The van der Waals surface area contributed by atoms with Crippen LogP contribution in [-0.2, 0) is 0 Å². The zero-order valence-electron chi connectivity index (χ0n) is 12.1. The number of likely N-dealkylation sites (tertiary alicyclic amines) is 1. The van der Waals surface area contributed by atoms with E-state index >= 15 is 0 Å². The van der Waals surface area contributed by atoms with Crippen molar-refractivity contribution in [1.29, 1.82) is 0 Å². The minimum atomic E-state index is 0.0689. The van der Waals surface area contributed by atoms with E-state index in [0.717, 1.165) is 41.9 Å². The van der Waals surface area contributed by atoms with Crippen molar-refractivity contribution in [3.05, 3.63) is 28.1 Å². The van der Waals surface area contributed by atoms with Gasteiger partial charge in [-0.2, -0.15) is 0 Å². The molecule has 2 N–H and O–H groups in total. The fourth-order valence-corrected chi connectivity index (χ4v) is 4.18. The Morgan fingerprint density at radius 3 is 2.81 bits per heavy atom. The van der Waals surface area contributed by atoms with E-state index in [2.05, 4.69) is 6.92 Å². The SMILES string of the molecule is CCC1CCN(C(=O)c2sc3ccc(Cl)cc3c2N)CC1. The van der Waals surface area contributed by atoms with Crippen LogP contribution in [0.15, 0.2) is 18.2 Å². The van der Waals surface area contributed by atoms with Gasteiger partial charge < -0.3 is 10.6 Å². The van der Waals surface area contributed by atoms with Gasteiger partial charge in [-0.25, -0.2) is 0 Å². The first-order valence-corrected chi connectivity index (χ1v) is 8.56. The summed E-state index contributed by atoms with van der Waals surface area (Å²) in [6, 6.07) is 5.60. The summed E-state index contributed by atoms with van der Waals surface area (Å²) in [6.07, 6.45) is 3.39. The number of thiophene rings is 1. The molecule has 1 aliphatic heterocycles. The van der Waals surface area contributed by atoms with Gasteiger partial charge in [-0.05, 0) is 37.0 Å². The van der Waals surface area contributed by atoms with E-state index in [1.54, 1.807) is 0 Å². The molecule has 1 amide bonds. The van der Waals surface area contributed by atoms with Crippen LogP contribution < -0.4 is 5.73 Å². The Morgan fingerprint density at radius 1 is 1.43 bits per heavy atom. The third kappa shape index (κ3) is 2.74. The molecule has 1 aliphatic rings. The predicted molar refractivity (Wildman–Crippen MR) is 90.2 cm³/mol. The first-order chi connectivity index (χ1) is 10.1. The molecule has 21 heavy (non-hydrogen) atoms. The molecule has 3 nitrogen and oxygen atoms in total. The average molecular weight is 323 g/mol. The number of hydrogen-bond donors (Lipinski definition) is 1. The summed E-state index contributed by atoms with van der Waals surface area (Å²) in [5.74, 6) is 0.826. The molecule has 5 heteroatoms. The number of nitrogens with two attached hydrogens (primary N) is 1. The standard InChI is InChI=1S/C16H19ClN2OS/c1-2-10-5-7-19(8-6-10)16(20)15-14(18)12-9-11(17)3-4-13(12)21-15/h3-4,9-10H,2,5-8,18H2,1H3. The maximum atomic E-state index is 12.7. The number of nitrogen functional groups attached to an aromatic ring is 1. The van der Waals surface area contributed by atoms with Gasteiger partial charge in [-0.15, -0.1) is 11.3 Å². The number of rotatable bonds is 2. The molecule has 1 aromatic carbocycles. The van der Waals surface area contributed by atoms with Gasteiger partial charge in [0.05, 0.1) is 5.69 Å². The highest BCUT2D eigenvalue weighted by molar-refractivity contribution is 7.21. The molecule has 0 atom stereocenters. The summed E-state index contributed by atoms with van der Waals surface area (Å²) < 4.78 is 1.02. The van der Waals surface area contributed by atoms with Gasteiger partial charge in [0.2, 0.25) is 0 Å². The van der Waals surface area contributed by atoms with Crippen molar-refractivity contribution in [2.45, 2.75) is 26.2 Å². The van der Waals surface area contributed by atoms with Crippen LogP contribution in [0.25, 0.3) is 10.1 Å². The van der Waals surface area contributed by atoms with E-state index in [-0.39, 0.29) is 5.91 Å². The molecule has 2 heterocycles. The number of amides is 1. The van der Waals surface area contributed by atoms with Crippen LogP contribution in [0.1, 0.15) is 35.9 Å². The lowest BCUT2D eigenvalue weighted by Gasteiger charge is -2.31. The molecule has 0 unspecified atom stereocenters. The Hall–Kier alpha value is -1.26. The number of nitrogens with zero attached hydrogens (tertiary/aromatic N) is 1. The van der Waals surface area contributed by atoms with E-state index in [4.69, 9.17) is 17.3 Å². The fraction of sp³-hybridized carbons (Fsp3) is 0.438. The van der Waals surface area contributed by atoms with E-state index in [9.17, 15) is 4.79 Å². The number of carbonyl (C=O) groups excluding carboxylic acids is 1. The Morgan fingerprint density at radius 2 is 2.14 bits per heavy atom. The van der Waals surface area contributed by atoms with Crippen LogP contribution >= 0.6 is 22.9 Å². The highest BCUT2D eigenvalue weighted by Crippen LogP contribution is 2.36. The van der Waals surface area contributed by atoms with Crippen LogP contribution in [-0.4, -0.2) is 23.9 Å². The summed E-state index contributed by atoms with van der Waals surface area (Å²) in [5.41, 5.74) is 6.74. The van der Waals surface area contributed by atoms with Gasteiger partial charge in [0.25, 0.3) is 5.91 Å². The van der Waals surface area contributed by atoms with E-state index in [1.807, 2.05) is 23.1 Å². The van der Waals surface area contributed by atoms with Crippen molar-refractivity contribution in [2.75, 3.05) is 18.8 Å². The van der Waals surface area contributed by atoms with Gasteiger partial charge in [-0.1, -0.05) is 24.9 Å². The Labute approximate surface area is 133 Å². The van der Waals surface area contributed by atoms with E-state index in [0.29, 0.717) is 15.6 Å². The molecule has 0 aliphatic carbocycles. The smallest absolute Gasteiger partial charge is 0.266 e. The van der Waals surface area contributed by atoms with Crippen LogP contribution in [0.5, 0.6) is 0 Å². The fourth-order valence-electron chi connectivity index (χ4n) is 2.94. The number of benzene rings is 1. The van der Waals surface area contributed by atoms with E-state index in [1.165, 1.54) is 17.8 Å². The van der Waals surface area contributed by atoms with Gasteiger partial charge in [-0.3, -0.25) is 4.79 Å². The van der Waals surface area contributed by atoms with Gasteiger partial charge >= 0.3 is 0 Å². The van der Waals surface area contributed by atoms with Gasteiger partial charge in [0.15, 0.2) is 0 Å². The molecule has 3 rings (SSSR count). The lowest BCUT2D eigenvalue weighted by molar-refractivity contribution is 0.0695. The first kappa shape index (κ1) is 14.7. The molecule has 1 aromatic heterocycles. The largest absolute Gasteiger partial charge is 0.397 e. The van der Waals surface area contributed by atoms with Crippen LogP contribution in [0.2, 0.25) is 5.02 Å². The van der Waals surface area contributed by atoms with Crippen molar-refractivity contribution in [2.24, 2.45) is 5.92 Å². The molecular weight excluding hydrogens is 304 g/mol. The number of hydrogen-bond acceptors (Lipinski definition) is 3. The third-order valence-electron chi connectivity index (χ3n) is 4.36. The summed E-state index contributed by atoms with van der Waals surface area (Å²) in [7, 11) is 0. The highest BCUT2D eigenvalue weighted by atomic mass is 35.5. The molecule has 0 saturated carbocycles.